The standard InChI is InChI=1S/C12H21NO3S.C2HF3O2/c1-13-10-12-7-5-11(6-8-12)4-3-9-16-17(2,14)15;3-2(4,5)1(6)7/h11-13H,5-10H2,1-2H3;(H,6,7)/t11-,12-;. The van der Waals surface area contributed by atoms with Gasteiger partial charge in [-0.25, -0.2) is 4.79 Å². The Labute approximate surface area is 139 Å². The van der Waals surface area contributed by atoms with Crippen molar-refractivity contribution in [1.82, 2.24) is 5.32 Å². The SMILES string of the molecule is CNC[C@H]1CC[C@H](C#CCOS(C)(=O)=O)CC1.O=C(O)C(F)(F)F. The number of rotatable bonds is 4. The second kappa shape index (κ2) is 10.5. The van der Waals surface area contributed by atoms with E-state index in [1.807, 2.05) is 7.05 Å². The zero-order chi connectivity index (χ0) is 18.8. The minimum Gasteiger partial charge on any atom is -0.475 e. The van der Waals surface area contributed by atoms with E-state index in [4.69, 9.17) is 9.90 Å². The van der Waals surface area contributed by atoms with Crippen molar-refractivity contribution in [3.63, 3.8) is 0 Å². The lowest BCUT2D eigenvalue weighted by Crippen LogP contribution is -2.23. The number of nitrogens with one attached hydrogen (secondary N) is 1. The largest absolute Gasteiger partial charge is 0.490 e. The third-order valence-corrected chi connectivity index (χ3v) is 3.78. The van der Waals surface area contributed by atoms with Gasteiger partial charge in [-0.15, -0.1) is 0 Å². The Morgan fingerprint density at radius 2 is 1.79 bits per heavy atom. The van der Waals surface area contributed by atoms with Gasteiger partial charge in [0.1, 0.15) is 6.61 Å². The molecule has 1 rings (SSSR count). The van der Waals surface area contributed by atoms with Crippen molar-refractivity contribution in [1.29, 1.82) is 0 Å². The Balaban J connectivity index is 0.000000640. The van der Waals surface area contributed by atoms with Crippen molar-refractivity contribution < 1.29 is 35.7 Å². The maximum atomic E-state index is 10.7. The average Bonchev–Trinajstić information content (AvgIpc) is 2.44. The molecule has 0 aromatic rings. The molecular formula is C14H22F3NO5S. The maximum Gasteiger partial charge on any atom is 0.490 e. The van der Waals surface area contributed by atoms with E-state index in [2.05, 4.69) is 21.3 Å². The van der Waals surface area contributed by atoms with Crippen molar-refractivity contribution in [3.8, 4) is 11.8 Å². The minimum absolute atomic E-state index is 0.0186. The molecule has 0 amide bonds. The van der Waals surface area contributed by atoms with E-state index in [1.54, 1.807) is 0 Å². The molecule has 1 saturated carbocycles. The summed E-state index contributed by atoms with van der Waals surface area (Å²) in [5.41, 5.74) is 0. The number of carboxylic acids is 1. The molecule has 0 atom stereocenters. The lowest BCUT2D eigenvalue weighted by atomic mass is 9.82. The van der Waals surface area contributed by atoms with Gasteiger partial charge < -0.3 is 10.4 Å². The first-order valence-corrected chi connectivity index (χ1v) is 9.05. The van der Waals surface area contributed by atoms with Crippen molar-refractivity contribution in [3.05, 3.63) is 0 Å². The lowest BCUT2D eigenvalue weighted by molar-refractivity contribution is -0.192. The van der Waals surface area contributed by atoms with E-state index in [-0.39, 0.29) is 6.61 Å². The lowest BCUT2D eigenvalue weighted by Gasteiger charge is -2.25. The Hall–Kier alpha value is -1.31. The van der Waals surface area contributed by atoms with E-state index in [0.717, 1.165) is 31.6 Å². The molecule has 0 saturated heterocycles. The molecule has 0 aromatic carbocycles. The predicted molar refractivity (Wildman–Crippen MR) is 81.6 cm³/mol. The molecular weight excluding hydrogens is 351 g/mol. The second-order valence-electron chi connectivity index (χ2n) is 5.37. The van der Waals surface area contributed by atoms with Crippen LogP contribution in [0.3, 0.4) is 0 Å². The van der Waals surface area contributed by atoms with E-state index in [0.29, 0.717) is 5.92 Å². The molecule has 1 aliphatic carbocycles. The second-order valence-corrected chi connectivity index (χ2v) is 7.01. The third-order valence-electron chi connectivity index (χ3n) is 3.23. The summed E-state index contributed by atoms with van der Waals surface area (Å²) in [7, 11) is -1.37. The smallest absolute Gasteiger partial charge is 0.475 e. The Morgan fingerprint density at radius 3 is 2.17 bits per heavy atom. The molecule has 2 N–H and O–H groups in total. The van der Waals surface area contributed by atoms with Gasteiger partial charge in [-0.1, -0.05) is 11.8 Å². The van der Waals surface area contributed by atoms with Crippen LogP contribution in [0.5, 0.6) is 0 Å². The molecule has 0 unspecified atom stereocenters. The Kier molecular flexibility index (Phi) is 9.96. The summed E-state index contributed by atoms with van der Waals surface area (Å²) < 4.78 is 57.7. The maximum absolute atomic E-state index is 10.7. The predicted octanol–water partition coefficient (Wildman–Crippen LogP) is 1.63. The van der Waals surface area contributed by atoms with Crippen LogP contribution in [0.4, 0.5) is 13.2 Å². The van der Waals surface area contributed by atoms with Crippen LogP contribution in [0.2, 0.25) is 0 Å². The van der Waals surface area contributed by atoms with Crippen molar-refractivity contribution in [2.24, 2.45) is 11.8 Å². The molecule has 24 heavy (non-hydrogen) atoms. The van der Waals surface area contributed by atoms with Crippen LogP contribution in [-0.4, -0.2) is 52.1 Å². The van der Waals surface area contributed by atoms with Crippen LogP contribution in [0.15, 0.2) is 0 Å². The van der Waals surface area contributed by atoms with Crippen LogP contribution < -0.4 is 5.32 Å². The molecule has 1 aliphatic rings. The molecule has 0 aromatic heterocycles. The van der Waals surface area contributed by atoms with Crippen molar-refractivity contribution in [2.45, 2.75) is 31.9 Å². The fourth-order valence-corrected chi connectivity index (χ4v) is 2.40. The normalized spacial score (nSPS) is 21.0. The van der Waals surface area contributed by atoms with Gasteiger partial charge in [-0.3, -0.25) is 4.18 Å². The molecule has 10 heteroatoms. The van der Waals surface area contributed by atoms with Gasteiger partial charge in [0.15, 0.2) is 0 Å². The zero-order valence-electron chi connectivity index (χ0n) is 13.5. The third kappa shape index (κ3) is 12.2. The van der Waals surface area contributed by atoms with Crippen molar-refractivity contribution >= 4 is 16.1 Å². The number of hydrogen-bond acceptors (Lipinski definition) is 5. The number of carboxylic acid groups (broad SMARTS) is 1. The van der Waals surface area contributed by atoms with E-state index >= 15 is 0 Å². The van der Waals surface area contributed by atoms with Gasteiger partial charge in [0.05, 0.1) is 6.26 Å². The summed E-state index contributed by atoms with van der Waals surface area (Å²) in [6.07, 6.45) is 0.578. The first-order valence-electron chi connectivity index (χ1n) is 7.23. The van der Waals surface area contributed by atoms with Gasteiger partial charge in [-0.05, 0) is 45.2 Å². The summed E-state index contributed by atoms with van der Waals surface area (Å²) in [5, 5.41) is 10.3. The van der Waals surface area contributed by atoms with E-state index in [9.17, 15) is 21.6 Å². The highest BCUT2D eigenvalue weighted by molar-refractivity contribution is 7.86. The number of alkyl halides is 3. The van der Waals surface area contributed by atoms with Gasteiger partial charge in [0, 0.05) is 5.92 Å². The van der Waals surface area contributed by atoms with Crippen LogP contribution in [-0.2, 0) is 19.1 Å². The van der Waals surface area contributed by atoms with Gasteiger partial charge >= 0.3 is 12.1 Å². The van der Waals surface area contributed by atoms with Crippen LogP contribution >= 0.6 is 0 Å². The average molecular weight is 373 g/mol. The number of carbonyl (C=O) groups is 1. The molecule has 140 valence electrons. The summed E-state index contributed by atoms with van der Waals surface area (Å²) in [6.45, 7) is 1.06. The summed E-state index contributed by atoms with van der Waals surface area (Å²) >= 11 is 0. The van der Waals surface area contributed by atoms with Crippen LogP contribution in [0.25, 0.3) is 0 Å². The number of aliphatic carboxylic acids is 1. The molecule has 0 aliphatic heterocycles. The van der Waals surface area contributed by atoms with Crippen LogP contribution in [0.1, 0.15) is 25.7 Å². The van der Waals surface area contributed by atoms with Gasteiger partial charge in [0.2, 0.25) is 0 Å². The van der Waals surface area contributed by atoms with E-state index < -0.39 is 22.3 Å². The molecule has 0 bridgehead atoms. The summed E-state index contributed by atoms with van der Waals surface area (Å²) in [4.78, 5) is 8.90. The monoisotopic (exact) mass is 373 g/mol. The molecule has 0 spiro atoms. The summed E-state index contributed by atoms with van der Waals surface area (Å²) in [5.74, 6) is 4.31. The fourth-order valence-electron chi connectivity index (χ4n) is 2.12. The molecule has 0 heterocycles. The first kappa shape index (κ1) is 22.7. The zero-order valence-corrected chi connectivity index (χ0v) is 14.3. The Morgan fingerprint density at radius 1 is 1.29 bits per heavy atom. The quantitative estimate of drug-likeness (QED) is 0.575. The molecule has 1 fully saturated rings. The molecule has 6 nitrogen and oxygen atoms in total. The highest BCUT2D eigenvalue weighted by Gasteiger charge is 2.38. The fraction of sp³-hybridized carbons (Fsp3) is 0.786. The molecule has 0 radical (unpaired) electrons. The Bertz CT molecular complexity index is 543. The van der Waals surface area contributed by atoms with Crippen molar-refractivity contribution in [2.75, 3.05) is 26.5 Å². The van der Waals surface area contributed by atoms with Gasteiger partial charge in [0.25, 0.3) is 10.1 Å². The number of halogens is 3. The van der Waals surface area contributed by atoms with Gasteiger partial charge in [-0.2, -0.15) is 21.6 Å². The topological polar surface area (TPSA) is 92.7 Å². The highest BCUT2D eigenvalue weighted by Crippen LogP contribution is 2.27. The summed E-state index contributed by atoms with van der Waals surface area (Å²) in [6, 6.07) is 0. The van der Waals surface area contributed by atoms with E-state index in [1.165, 1.54) is 12.8 Å². The minimum atomic E-state index is -5.08. The number of hydrogen-bond donors (Lipinski definition) is 2. The first-order chi connectivity index (χ1) is 11.0. The van der Waals surface area contributed by atoms with Crippen LogP contribution in [0, 0.1) is 23.7 Å². The highest BCUT2D eigenvalue weighted by atomic mass is 32.2.